The summed E-state index contributed by atoms with van der Waals surface area (Å²) >= 11 is 10.6. The molecule has 26 heavy (non-hydrogen) atoms. The zero-order chi connectivity index (χ0) is 18.9. The highest BCUT2D eigenvalue weighted by atomic mass is 79.9. The Bertz CT molecular complexity index is 1150. The molecule has 0 aliphatic rings. The molecule has 3 rings (SSSR count). The van der Waals surface area contributed by atoms with Crippen molar-refractivity contribution in [3.63, 3.8) is 0 Å². The molecule has 2 aromatic carbocycles. The van der Waals surface area contributed by atoms with E-state index < -0.39 is 15.7 Å². The summed E-state index contributed by atoms with van der Waals surface area (Å²) in [6.45, 7) is 0. The minimum Gasteiger partial charge on any atom is -0.319 e. The number of hydrogen-bond donors (Lipinski definition) is 0. The molecule has 0 fully saturated rings. The number of rotatable bonds is 4. The Morgan fingerprint density at radius 2 is 1.92 bits per heavy atom. The zero-order valence-corrected chi connectivity index (χ0v) is 17.6. The summed E-state index contributed by atoms with van der Waals surface area (Å²) in [7, 11) is -1.73. The van der Waals surface area contributed by atoms with Crippen LogP contribution in [-0.2, 0) is 21.7 Å². The molecular formula is C17H14BrClN2O3S2. The van der Waals surface area contributed by atoms with Gasteiger partial charge in [-0.2, -0.15) is 4.99 Å². The topological polar surface area (TPSA) is 68.5 Å². The van der Waals surface area contributed by atoms with Crippen molar-refractivity contribution in [2.75, 3.05) is 5.75 Å². The molecule has 5 nitrogen and oxygen atoms in total. The largest absolute Gasteiger partial charge is 0.319 e. The van der Waals surface area contributed by atoms with Crippen LogP contribution in [0.3, 0.4) is 0 Å². The summed E-state index contributed by atoms with van der Waals surface area (Å²) in [6.07, 6.45) is -0.178. The average molecular weight is 474 g/mol. The van der Waals surface area contributed by atoms with Gasteiger partial charge in [0.1, 0.15) is 0 Å². The maximum atomic E-state index is 12.3. The summed E-state index contributed by atoms with van der Waals surface area (Å²) in [5, 5.41) is 0.457. The smallest absolute Gasteiger partial charge is 0.249 e. The Hall–Kier alpha value is -1.48. The number of amides is 1. The van der Waals surface area contributed by atoms with Crippen molar-refractivity contribution in [3.8, 4) is 0 Å². The SMILES string of the molecule is Cn1c(=NC(=O)CCS(=O)(=O)c2ccc(Cl)cc2)sc2cc(Br)ccc21. The Morgan fingerprint density at radius 1 is 1.23 bits per heavy atom. The van der Waals surface area contributed by atoms with Crippen LogP contribution in [0.2, 0.25) is 5.02 Å². The maximum Gasteiger partial charge on any atom is 0.249 e. The quantitative estimate of drug-likeness (QED) is 0.576. The molecule has 0 spiro atoms. The van der Waals surface area contributed by atoms with Crippen molar-refractivity contribution in [2.24, 2.45) is 12.0 Å². The number of nitrogens with zero attached hydrogens (tertiary/aromatic N) is 2. The molecule has 0 aliphatic carbocycles. The van der Waals surface area contributed by atoms with E-state index in [1.54, 1.807) is 0 Å². The molecule has 9 heteroatoms. The number of carbonyl (C=O) groups is 1. The summed E-state index contributed by atoms with van der Waals surface area (Å²) in [6, 6.07) is 11.7. The van der Waals surface area contributed by atoms with Gasteiger partial charge in [-0.1, -0.05) is 38.9 Å². The summed E-state index contributed by atoms with van der Waals surface area (Å²) in [5.41, 5.74) is 0.957. The average Bonchev–Trinajstić information content (AvgIpc) is 2.88. The van der Waals surface area contributed by atoms with Gasteiger partial charge in [0.2, 0.25) is 5.91 Å². The first kappa shape index (κ1) is 19.3. The molecule has 0 atom stereocenters. The molecular weight excluding hydrogens is 460 g/mol. The lowest BCUT2D eigenvalue weighted by molar-refractivity contribution is -0.117. The van der Waals surface area contributed by atoms with Crippen LogP contribution < -0.4 is 4.80 Å². The fourth-order valence-electron chi connectivity index (χ4n) is 2.36. The molecule has 1 heterocycles. The van der Waals surface area contributed by atoms with E-state index in [9.17, 15) is 13.2 Å². The van der Waals surface area contributed by atoms with E-state index in [1.165, 1.54) is 35.6 Å². The van der Waals surface area contributed by atoms with Gasteiger partial charge >= 0.3 is 0 Å². The molecule has 3 aromatic rings. The zero-order valence-electron chi connectivity index (χ0n) is 13.6. The predicted molar refractivity (Wildman–Crippen MR) is 107 cm³/mol. The molecule has 0 radical (unpaired) electrons. The van der Waals surface area contributed by atoms with Crippen molar-refractivity contribution >= 4 is 64.8 Å². The lowest BCUT2D eigenvalue weighted by Crippen LogP contribution is -2.15. The molecule has 0 saturated heterocycles. The predicted octanol–water partition coefficient (Wildman–Crippen LogP) is 3.95. The third-order valence-corrected chi connectivity index (χ3v) is 7.32. The molecule has 0 saturated carbocycles. The molecule has 0 N–H and O–H groups in total. The molecule has 0 unspecified atom stereocenters. The van der Waals surface area contributed by atoms with E-state index in [0.717, 1.165) is 14.7 Å². The number of thiazole rings is 1. The fraction of sp³-hybridized carbons (Fsp3) is 0.176. The van der Waals surface area contributed by atoms with Crippen molar-refractivity contribution < 1.29 is 13.2 Å². The second kappa shape index (κ2) is 7.64. The third-order valence-electron chi connectivity index (χ3n) is 3.75. The van der Waals surface area contributed by atoms with Crippen molar-refractivity contribution in [3.05, 3.63) is 56.8 Å². The normalized spacial score (nSPS) is 12.7. The second-order valence-electron chi connectivity index (χ2n) is 5.58. The van der Waals surface area contributed by atoms with Crippen LogP contribution in [-0.4, -0.2) is 24.6 Å². The van der Waals surface area contributed by atoms with Crippen molar-refractivity contribution in [1.29, 1.82) is 0 Å². The number of carbonyl (C=O) groups excluding carboxylic acids is 1. The van der Waals surface area contributed by atoms with Crippen molar-refractivity contribution in [2.45, 2.75) is 11.3 Å². The van der Waals surface area contributed by atoms with E-state index in [1.807, 2.05) is 29.8 Å². The van der Waals surface area contributed by atoms with Gasteiger partial charge in [0.05, 0.1) is 20.9 Å². The minimum atomic E-state index is -3.55. The lowest BCUT2D eigenvalue weighted by atomic mass is 10.3. The van der Waals surface area contributed by atoms with Crippen LogP contribution in [0.1, 0.15) is 6.42 Å². The minimum absolute atomic E-state index is 0.145. The van der Waals surface area contributed by atoms with E-state index in [-0.39, 0.29) is 17.1 Å². The maximum absolute atomic E-state index is 12.3. The summed E-state index contributed by atoms with van der Waals surface area (Å²) in [4.78, 5) is 16.9. The first-order valence-electron chi connectivity index (χ1n) is 7.57. The Morgan fingerprint density at radius 3 is 2.62 bits per heavy atom. The number of benzene rings is 2. The number of sulfone groups is 1. The second-order valence-corrected chi connectivity index (χ2v) is 10.1. The molecule has 136 valence electrons. The van der Waals surface area contributed by atoms with Crippen LogP contribution in [0.5, 0.6) is 0 Å². The first-order chi connectivity index (χ1) is 12.3. The van der Waals surface area contributed by atoms with Gasteiger partial charge < -0.3 is 4.57 Å². The molecule has 1 aromatic heterocycles. The Kier molecular flexibility index (Phi) is 5.67. The molecule has 0 aliphatic heterocycles. The van der Waals surface area contributed by atoms with E-state index in [4.69, 9.17) is 11.6 Å². The van der Waals surface area contributed by atoms with Gasteiger partial charge in [-0.05, 0) is 42.5 Å². The van der Waals surface area contributed by atoms with Gasteiger partial charge in [0.15, 0.2) is 14.6 Å². The van der Waals surface area contributed by atoms with Crippen LogP contribution in [0.25, 0.3) is 10.2 Å². The fourth-order valence-corrected chi connectivity index (χ4v) is 5.30. The highest BCUT2D eigenvalue weighted by Crippen LogP contribution is 2.21. The summed E-state index contributed by atoms with van der Waals surface area (Å²) < 4.78 is 28.4. The highest BCUT2D eigenvalue weighted by Gasteiger charge is 2.16. The summed E-state index contributed by atoms with van der Waals surface area (Å²) in [5.74, 6) is -0.763. The third kappa shape index (κ3) is 4.25. The van der Waals surface area contributed by atoms with Crippen LogP contribution in [0.4, 0.5) is 0 Å². The van der Waals surface area contributed by atoms with Crippen LogP contribution >= 0.6 is 38.9 Å². The van der Waals surface area contributed by atoms with Gasteiger partial charge in [-0.15, -0.1) is 0 Å². The van der Waals surface area contributed by atoms with E-state index >= 15 is 0 Å². The van der Waals surface area contributed by atoms with Crippen molar-refractivity contribution in [1.82, 2.24) is 4.57 Å². The monoisotopic (exact) mass is 472 g/mol. The Labute approximate surface area is 168 Å². The number of aromatic nitrogens is 1. The van der Waals surface area contributed by atoms with Gasteiger partial charge in [0.25, 0.3) is 0 Å². The number of aryl methyl sites for hydroxylation is 1. The Balaban J connectivity index is 1.79. The standard InChI is InChI=1S/C17H14BrClN2O3S2/c1-21-14-7-2-11(18)10-15(14)25-17(21)20-16(22)8-9-26(23,24)13-5-3-12(19)4-6-13/h2-7,10H,8-9H2,1H3. The van der Waals surface area contributed by atoms with Gasteiger partial charge in [0, 0.05) is 23.0 Å². The number of hydrogen-bond acceptors (Lipinski definition) is 4. The van der Waals surface area contributed by atoms with Crippen LogP contribution in [0.15, 0.2) is 56.8 Å². The van der Waals surface area contributed by atoms with Crippen LogP contribution in [0, 0.1) is 0 Å². The molecule has 1 amide bonds. The van der Waals surface area contributed by atoms with Gasteiger partial charge in [-0.25, -0.2) is 8.42 Å². The van der Waals surface area contributed by atoms with E-state index in [0.29, 0.717) is 9.82 Å². The highest BCUT2D eigenvalue weighted by molar-refractivity contribution is 9.10. The lowest BCUT2D eigenvalue weighted by Gasteiger charge is -2.02. The van der Waals surface area contributed by atoms with Gasteiger partial charge in [-0.3, -0.25) is 4.79 Å². The number of halogens is 2. The van der Waals surface area contributed by atoms with E-state index in [2.05, 4.69) is 20.9 Å². The molecule has 0 bridgehead atoms. The first-order valence-corrected chi connectivity index (χ1v) is 11.2. The number of fused-ring (bicyclic) bond motifs is 1.